The van der Waals surface area contributed by atoms with Crippen molar-refractivity contribution in [3.8, 4) is 0 Å². The minimum atomic E-state index is -0.794. The van der Waals surface area contributed by atoms with Crippen LogP contribution in [0, 0.1) is 5.92 Å². The predicted octanol–water partition coefficient (Wildman–Crippen LogP) is 2.18. The lowest BCUT2D eigenvalue weighted by molar-refractivity contribution is -0.137. The Hall–Kier alpha value is -1.06. The Morgan fingerprint density at radius 1 is 1.12 bits per heavy atom. The molecule has 0 unspecified atom stereocenters. The van der Waals surface area contributed by atoms with E-state index in [9.17, 15) is 9.59 Å². The van der Waals surface area contributed by atoms with Crippen molar-refractivity contribution in [2.75, 3.05) is 6.54 Å². The van der Waals surface area contributed by atoms with E-state index in [0.29, 0.717) is 25.2 Å². The standard InChI is InChI=1S/C12H23NO3/c1-10(2)6-5-9-13-11(14)7-3-4-8-12(15)16/h10H,3-9H2,1-2H3,(H,13,14)(H,15,16). The van der Waals surface area contributed by atoms with Crippen LogP contribution in [0.4, 0.5) is 0 Å². The van der Waals surface area contributed by atoms with E-state index in [1.54, 1.807) is 0 Å². The molecule has 4 nitrogen and oxygen atoms in total. The lowest BCUT2D eigenvalue weighted by atomic mass is 10.1. The minimum absolute atomic E-state index is 0.0362. The van der Waals surface area contributed by atoms with E-state index in [1.807, 2.05) is 0 Å². The third-order valence-corrected chi connectivity index (χ3v) is 2.32. The van der Waals surface area contributed by atoms with E-state index in [4.69, 9.17) is 5.11 Å². The SMILES string of the molecule is CC(C)CCCNC(=O)CCCCC(=O)O. The maximum Gasteiger partial charge on any atom is 0.303 e. The molecule has 94 valence electrons. The summed E-state index contributed by atoms with van der Waals surface area (Å²) in [5, 5.41) is 11.2. The molecule has 1 amide bonds. The normalized spacial score (nSPS) is 10.4. The molecule has 0 fully saturated rings. The number of hydrogen-bond donors (Lipinski definition) is 2. The van der Waals surface area contributed by atoms with Crippen molar-refractivity contribution in [2.24, 2.45) is 5.92 Å². The highest BCUT2D eigenvalue weighted by Gasteiger charge is 2.02. The maximum absolute atomic E-state index is 11.3. The number of unbranched alkanes of at least 4 members (excludes halogenated alkanes) is 1. The van der Waals surface area contributed by atoms with E-state index >= 15 is 0 Å². The quantitative estimate of drug-likeness (QED) is 0.595. The second-order valence-electron chi connectivity index (χ2n) is 4.49. The number of carbonyl (C=O) groups is 2. The molecule has 0 aromatic heterocycles. The molecule has 0 aliphatic rings. The molecule has 0 aromatic carbocycles. The number of carboxylic acid groups (broad SMARTS) is 1. The zero-order chi connectivity index (χ0) is 12.4. The van der Waals surface area contributed by atoms with E-state index in [-0.39, 0.29) is 12.3 Å². The molecule has 0 radical (unpaired) electrons. The van der Waals surface area contributed by atoms with Crippen LogP contribution in [0.15, 0.2) is 0 Å². The lowest BCUT2D eigenvalue weighted by Gasteiger charge is -2.06. The number of carboxylic acids is 1. The van der Waals surface area contributed by atoms with E-state index < -0.39 is 5.97 Å². The monoisotopic (exact) mass is 229 g/mol. The van der Waals surface area contributed by atoms with Crippen LogP contribution in [-0.4, -0.2) is 23.5 Å². The number of aliphatic carboxylic acids is 1. The number of hydrogen-bond acceptors (Lipinski definition) is 2. The summed E-state index contributed by atoms with van der Waals surface area (Å²) in [6, 6.07) is 0. The molecule has 2 N–H and O–H groups in total. The number of rotatable bonds is 9. The van der Waals surface area contributed by atoms with E-state index in [2.05, 4.69) is 19.2 Å². The molecule has 0 saturated heterocycles. The summed E-state index contributed by atoms with van der Waals surface area (Å²) >= 11 is 0. The average molecular weight is 229 g/mol. The van der Waals surface area contributed by atoms with E-state index in [0.717, 1.165) is 19.4 Å². The van der Waals surface area contributed by atoms with Crippen molar-refractivity contribution in [3.63, 3.8) is 0 Å². The fourth-order valence-corrected chi connectivity index (χ4v) is 1.39. The first-order valence-corrected chi connectivity index (χ1v) is 6.01. The molecule has 0 atom stereocenters. The number of nitrogens with one attached hydrogen (secondary N) is 1. The minimum Gasteiger partial charge on any atom is -0.481 e. The van der Waals surface area contributed by atoms with Crippen LogP contribution in [0.2, 0.25) is 0 Å². The van der Waals surface area contributed by atoms with Gasteiger partial charge in [0.25, 0.3) is 0 Å². The molecule has 0 rings (SSSR count). The molecular weight excluding hydrogens is 206 g/mol. The highest BCUT2D eigenvalue weighted by molar-refractivity contribution is 5.75. The Balaban J connectivity index is 3.28. The van der Waals surface area contributed by atoms with Gasteiger partial charge in [-0.3, -0.25) is 9.59 Å². The van der Waals surface area contributed by atoms with Crippen molar-refractivity contribution >= 4 is 11.9 Å². The predicted molar refractivity (Wildman–Crippen MR) is 63.2 cm³/mol. The summed E-state index contributed by atoms with van der Waals surface area (Å²) in [4.78, 5) is 21.5. The van der Waals surface area contributed by atoms with Gasteiger partial charge in [-0.15, -0.1) is 0 Å². The summed E-state index contributed by atoms with van der Waals surface area (Å²) < 4.78 is 0. The van der Waals surface area contributed by atoms with Crippen molar-refractivity contribution in [3.05, 3.63) is 0 Å². The average Bonchev–Trinajstić information content (AvgIpc) is 2.19. The van der Waals surface area contributed by atoms with Crippen molar-refractivity contribution in [1.29, 1.82) is 0 Å². The van der Waals surface area contributed by atoms with Gasteiger partial charge in [-0.1, -0.05) is 13.8 Å². The van der Waals surface area contributed by atoms with Gasteiger partial charge in [-0.2, -0.15) is 0 Å². The smallest absolute Gasteiger partial charge is 0.303 e. The van der Waals surface area contributed by atoms with Crippen LogP contribution in [0.3, 0.4) is 0 Å². The Bertz CT molecular complexity index is 214. The highest BCUT2D eigenvalue weighted by Crippen LogP contribution is 2.02. The third-order valence-electron chi connectivity index (χ3n) is 2.32. The van der Waals surface area contributed by atoms with Crippen molar-refractivity contribution in [2.45, 2.75) is 52.4 Å². The Kier molecular flexibility index (Phi) is 8.58. The first-order valence-electron chi connectivity index (χ1n) is 6.01. The number of carbonyl (C=O) groups excluding carboxylic acids is 1. The van der Waals surface area contributed by atoms with Gasteiger partial charge in [0.2, 0.25) is 5.91 Å². The lowest BCUT2D eigenvalue weighted by Crippen LogP contribution is -2.24. The maximum atomic E-state index is 11.3. The Labute approximate surface area is 97.4 Å². The van der Waals surface area contributed by atoms with Gasteiger partial charge in [0.15, 0.2) is 0 Å². The molecular formula is C12H23NO3. The molecule has 16 heavy (non-hydrogen) atoms. The summed E-state index contributed by atoms with van der Waals surface area (Å²) in [5.41, 5.74) is 0. The van der Waals surface area contributed by atoms with E-state index in [1.165, 1.54) is 0 Å². The van der Waals surface area contributed by atoms with Gasteiger partial charge in [0.1, 0.15) is 0 Å². The van der Waals surface area contributed by atoms with Gasteiger partial charge in [-0.25, -0.2) is 0 Å². The Morgan fingerprint density at radius 2 is 1.75 bits per heavy atom. The zero-order valence-electron chi connectivity index (χ0n) is 10.3. The van der Waals surface area contributed by atoms with Gasteiger partial charge >= 0.3 is 5.97 Å². The fraction of sp³-hybridized carbons (Fsp3) is 0.833. The van der Waals surface area contributed by atoms with Crippen LogP contribution in [0.5, 0.6) is 0 Å². The first kappa shape index (κ1) is 14.9. The second kappa shape index (κ2) is 9.19. The van der Waals surface area contributed by atoms with Gasteiger partial charge in [-0.05, 0) is 31.6 Å². The molecule has 0 aliphatic heterocycles. The summed E-state index contributed by atoms with van der Waals surface area (Å²) in [6.45, 7) is 5.05. The molecule has 0 heterocycles. The second-order valence-corrected chi connectivity index (χ2v) is 4.49. The van der Waals surface area contributed by atoms with Crippen LogP contribution in [0.25, 0.3) is 0 Å². The van der Waals surface area contributed by atoms with Gasteiger partial charge in [0, 0.05) is 19.4 Å². The molecule has 4 heteroatoms. The third kappa shape index (κ3) is 11.0. The summed E-state index contributed by atoms with van der Waals surface area (Å²) in [5.74, 6) is -0.0843. The van der Waals surface area contributed by atoms with Crippen LogP contribution < -0.4 is 5.32 Å². The number of amides is 1. The first-order chi connectivity index (χ1) is 7.52. The largest absolute Gasteiger partial charge is 0.481 e. The molecule has 0 aromatic rings. The Morgan fingerprint density at radius 3 is 2.31 bits per heavy atom. The topological polar surface area (TPSA) is 66.4 Å². The molecule has 0 spiro atoms. The summed E-state index contributed by atoms with van der Waals surface area (Å²) in [6.07, 6.45) is 3.96. The summed E-state index contributed by atoms with van der Waals surface area (Å²) in [7, 11) is 0. The molecule has 0 saturated carbocycles. The highest BCUT2D eigenvalue weighted by atomic mass is 16.4. The molecule has 0 aliphatic carbocycles. The van der Waals surface area contributed by atoms with Crippen LogP contribution in [0.1, 0.15) is 52.4 Å². The van der Waals surface area contributed by atoms with Crippen molar-refractivity contribution < 1.29 is 14.7 Å². The fourth-order valence-electron chi connectivity index (χ4n) is 1.39. The van der Waals surface area contributed by atoms with Crippen LogP contribution >= 0.6 is 0 Å². The van der Waals surface area contributed by atoms with Gasteiger partial charge < -0.3 is 10.4 Å². The van der Waals surface area contributed by atoms with Gasteiger partial charge in [0.05, 0.1) is 0 Å². The van der Waals surface area contributed by atoms with Crippen LogP contribution in [-0.2, 0) is 9.59 Å². The zero-order valence-corrected chi connectivity index (χ0v) is 10.3. The van der Waals surface area contributed by atoms with Crippen molar-refractivity contribution in [1.82, 2.24) is 5.32 Å². The molecule has 0 bridgehead atoms.